The zero-order valence-electron chi connectivity index (χ0n) is 34.2. The molecule has 0 aliphatic heterocycles. The van der Waals surface area contributed by atoms with Crippen molar-refractivity contribution >= 4 is 71.2 Å². The second kappa shape index (κ2) is 14.4. The van der Waals surface area contributed by atoms with Gasteiger partial charge in [0.05, 0.1) is 32.3 Å². The molecule has 0 bridgehead atoms. The molecule has 1 atom stereocenters. The van der Waals surface area contributed by atoms with Gasteiger partial charge < -0.3 is 4.57 Å². The van der Waals surface area contributed by atoms with E-state index in [-0.39, 0.29) is 5.92 Å². The molecule has 0 saturated carbocycles. The van der Waals surface area contributed by atoms with Crippen molar-refractivity contribution in [1.82, 2.24) is 29.1 Å². The number of thiazole rings is 1. The number of para-hydroxylation sites is 3. The second-order valence-corrected chi connectivity index (χ2v) is 17.5. The van der Waals surface area contributed by atoms with E-state index in [1.165, 1.54) is 37.7 Å². The molecule has 2 aliphatic carbocycles. The SMILES string of the molecule is C1=CCC(c2nc(-c3ccc(-c4ccccc4)c4c3C=CCC4)nc(-n3c4ccccc4c4ccc5c6ccccc6n(-c6ccc(-c7nc8ccccc8s7)cc6)c5c43)n2)C=C1. The first kappa shape index (κ1) is 36.0. The van der Waals surface area contributed by atoms with E-state index in [9.17, 15) is 0 Å². The van der Waals surface area contributed by atoms with Crippen LogP contribution in [0.2, 0.25) is 0 Å². The number of rotatable bonds is 6. The fourth-order valence-electron chi connectivity index (χ4n) is 9.90. The Bertz CT molecular complexity index is 3680. The van der Waals surface area contributed by atoms with Gasteiger partial charge in [0.15, 0.2) is 5.82 Å². The number of nitrogens with zero attached hydrogens (tertiary/aromatic N) is 6. The largest absolute Gasteiger partial charge is 0.307 e. The molecule has 0 amide bonds. The highest BCUT2D eigenvalue weighted by Crippen LogP contribution is 2.43. The molecule has 298 valence electrons. The number of benzene rings is 7. The van der Waals surface area contributed by atoms with E-state index in [1.54, 1.807) is 11.3 Å². The second-order valence-electron chi connectivity index (χ2n) is 16.4. The number of aromatic nitrogens is 6. The summed E-state index contributed by atoms with van der Waals surface area (Å²) >= 11 is 1.73. The molecule has 1 unspecified atom stereocenters. The third kappa shape index (κ3) is 5.77. The lowest BCUT2D eigenvalue weighted by molar-refractivity contribution is 0.750. The maximum absolute atomic E-state index is 5.53. The van der Waals surface area contributed by atoms with Gasteiger partial charge in [-0.25, -0.2) is 9.97 Å². The number of hydrogen-bond donors (Lipinski definition) is 0. The molecular formula is C56H38N6S. The lowest BCUT2D eigenvalue weighted by Crippen LogP contribution is -2.12. The highest BCUT2D eigenvalue weighted by molar-refractivity contribution is 7.21. The minimum Gasteiger partial charge on any atom is -0.307 e. The van der Waals surface area contributed by atoms with Gasteiger partial charge in [0.1, 0.15) is 10.8 Å². The first-order chi connectivity index (χ1) is 31.2. The van der Waals surface area contributed by atoms with Crippen molar-refractivity contribution in [3.05, 3.63) is 199 Å². The minimum absolute atomic E-state index is 0.0129. The first-order valence-corrected chi connectivity index (χ1v) is 22.5. The highest BCUT2D eigenvalue weighted by atomic mass is 32.1. The molecule has 11 aromatic rings. The summed E-state index contributed by atoms with van der Waals surface area (Å²) in [5, 5.41) is 5.67. The van der Waals surface area contributed by atoms with Gasteiger partial charge in [0.2, 0.25) is 5.95 Å². The van der Waals surface area contributed by atoms with E-state index in [0.29, 0.717) is 11.8 Å². The van der Waals surface area contributed by atoms with Crippen molar-refractivity contribution in [2.24, 2.45) is 0 Å². The van der Waals surface area contributed by atoms with Gasteiger partial charge in [-0.15, -0.1) is 11.3 Å². The monoisotopic (exact) mass is 826 g/mol. The average molecular weight is 827 g/mol. The van der Waals surface area contributed by atoms with Crippen LogP contribution in [0.5, 0.6) is 0 Å². The summed E-state index contributed by atoms with van der Waals surface area (Å²) < 4.78 is 5.91. The minimum atomic E-state index is 0.0129. The van der Waals surface area contributed by atoms with Crippen LogP contribution in [0.25, 0.3) is 105 Å². The Balaban J connectivity index is 1.08. The van der Waals surface area contributed by atoms with Gasteiger partial charge in [0.25, 0.3) is 0 Å². The molecular weight excluding hydrogens is 789 g/mol. The van der Waals surface area contributed by atoms with Crippen LogP contribution >= 0.6 is 11.3 Å². The van der Waals surface area contributed by atoms with Crippen molar-refractivity contribution < 1.29 is 0 Å². The molecule has 0 spiro atoms. The van der Waals surface area contributed by atoms with Gasteiger partial charge in [-0.1, -0.05) is 134 Å². The van der Waals surface area contributed by atoms with Crippen LogP contribution in [0.3, 0.4) is 0 Å². The number of hydrogen-bond acceptors (Lipinski definition) is 5. The molecule has 7 heteroatoms. The molecule has 4 aromatic heterocycles. The summed E-state index contributed by atoms with van der Waals surface area (Å²) in [6, 6.07) is 54.4. The third-order valence-electron chi connectivity index (χ3n) is 12.8. The van der Waals surface area contributed by atoms with Crippen LogP contribution in [-0.4, -0.2) is 29.1 Å². The van der Waals surface area contributed by atoms with Gasteiger partial charge in [-0.3, -0.25) is 4.57 Å². The van der Waals surface area contributed by atoms with Crippen LogP contribution in [0.1, 0.15) is 35.7 Å². The zero-order valence-corrected chi connectivity index (χ0v) is 35.0. The van der Waals surface area contributed by atoms with E-state index in [2.05, 4.69) is 191 Å². The molecule has 13 rings (SSSR count). The summed E-state index contributed by atoms with van der Waals surface area (Å²) in [5.74, 6) is 2.07. The van der Waals surface area contributed by atoms with E-state index < -0.39 is 0 Å². The molecule has 6 nitrogen and oxygen atoms in total. The zero-order chi connectivity index (χ0) is 41.4. The Kier molecular flexibility index (Phi) is 8.24. The predicted molar refractivity (Wildman–Crippen MR) is 261 cm³/mol. The highest BCUT2D eigenvalue weighted by Gasteiger charge is 2.26. The van der Waals surface area contributed by atoms with Gasteiger partial charge in [-0.2, -0.15) is 9.97 Å². The van der Waals surface area contributed by atoms with Gasteiger partial charge in [-0.05, 0) is 96.1 Å². The molecule has 63 heavy (non-hydrogen) atoms. The maximum Gasteiger partial charge on any atom is 0.238 e. The van der Waals surface area contributed by atoms with E-state index >= 15 is 0 Å². The van der Waals surface area contributed by atoms with Crippen molar-refractivity contribution in [3.63, 3.8) is 0 Å². The van der Waals surface area contributed by atoms with Crippen LogP contribution < -0.4 is 0 Å². The van der Waals surface area contributed by atoms with Crippen molar-refractivity contribution in [2.75, 3.05) is 0 Å². The summed E-state index contributed by atoms with van der Waals surface area (Å²) in [6.07, 6.45) is 16.0. The van der Waals surface area contributed by atoms with Crippen molar-refractivity contribution in [2.45, 2.75) is 25.2 Å². The van der Waals surface area contributed by atoms with E-state index in [0.717, 1.165) is 85.3 Å². The normalized spacial score (nSPS) is 14.8. The van der Waals surface area contributed by atoms with Crippen LogP contribution in [0.4, 0.5) is 0 Å². The van der Waals surface area contributed by atoms with Crippen LogP contribution in [-0.2, 0) is 6.42 Å². The first-order valence-electron chi connectivity index (χ1n) is 21.6. The van der Waals surface area contributed by atoms with Gasteiger partial charge >= 0.3 is 0 Å². The average Bonchev–Trinajstić information content (AvgIpc) is 4.05. The van der Waals surface area contributed by atoms with Crippen molar-refractivity contribution in [1.29, 1.82) is 0 Å². The standard InChI is InChI=1S/C56H38N6S/c1-3-15-35(16-4-1)39-31-34-46(41-20-8-7-19-40(39)41)54-58-53(36-17-5-2-6-18-36)59-56(60-54)62-49-25-13-10-22-43(49)45-33-32-44-42-21-9-12-24-48(42)61(51(44)52(45)62)38-29-27-37(28-30-38)55-57-47-23-11-14-26-50(47)63-55/h1-6,8-17,20-34,36H,7,18-19H2. The third-order valence-corrected chi connectivity index (χ3v) is 13.9. The van der Waals surface area contributed by atoms with Crippen LogP contribution in [0, 0.1) is 0 Å². The Morgan fingerprint density at radius 1 is 0.540 bits per heavy atom. The molecule has 0 saturated heterocycles. The van der Waals surface area contributed by atoms with E-state index in [4.69, 9.17) is 19.9 Å². The fraction of sp³-hybridized carbons (Fsp3) is 0.0714. The lowest BCUT2D eigenvalue weighted by Gasteiger charge is -2.20. The summed E-state index contributed by atoms with van der Waals surface area (Å²) in [6.45, 7) is 0. The Morgan fingerprint density at radius 3 is 2.03 bits per heavy atom. The van der Waals surface area contributed by atoms with Gasteiger partial charge in [0, 0.05) is 44.3 Å². The lowest BCUT2D eigenvalue weighted by atomic mass is 9.86. The van der Waals surface area contributed by atoms with E-state index in [1.807, 2.05) is 6.07 Å². The maximum atomic E-state index is 5.53. The Labute approximate surface area is 367 Å². The topological polar surface area (TPSA) is 61.4 Å². The molecule has 0 radical (unpaired) electrons. The number of fused-ring (bicyclic) bond motifs is 9. The molecule has 0 N–H and O–H groups in total. The quantitative estimate of drug-likeness (QED) is 0.168. The van der Waals surface area contributed by atoms with Crippen molar-refractivity contribution in [3.8, 4) is 44.7 Å². The Morgan fingerprint density at radius 2 is 1.25 bits per heavy atom. The smallest absolute Gasteiger partial charge is 0.238 e. The van der Waals surface area contributed by atoms with Crippen LogP contribution in [0.15, 0.2) is 182 Å². The summed E-state index contributed by atoms with van der Waals surface area (Å²) in [5.41, 5.74) is 13.6. The number of allylic oxidation sites excluding steroid dienone is 5. The fourth-order valence-corrected chi connectivity index (χ4v) is 10.9. The predicted octanol–water partition coefficient (Wildman–Crippen LogP) is 14.2. The summed E-state index contributed by atoms with van der Waals surface area (Å²) in [7, 11) is 0. The summed E-state index contributed by atoms with van der Waals surface area (Å²) in [4.78, 5) is 21.3. The molecule has 2 aliphatic rings. The Hall–Kier alpha value is -7.74. The molecule has 7 aromatic carbocycles. The molecule has 0 fully saturated rings. The molecule has 4 heterocycles.